The highest BCUT2D eigenvalue weighted by Crippen LogP contribution is 2.23. The zero-order valence-corrected chi connectivity index (χ0v) is 19.1. The molecule has 0 saturated carbocycles. The van der Waals surface area contributed by atoms with Crippen molar-refractivity contribution in [1.82, 2.24) is 15.1 Å². The van der Waals surface area contributed by atoms with E-state index >= 15 is 0 Å². The molecule has 3 rings (SSSR count). The van der Waals surface area contributed by atoms with Crippen LogP contribution in [0, 0.1) is 12.7 Å². The summed E-state index contributed by atoms with van der Waals surface area (Å²) in [6, 6.07) is 10.4. The van der Waals surface area contributed by atoms with E-state index < -0.39 is 0 Å². The number of nitrogens with one attached hydrogen (secondary N) is 2. The number of benzene rings is 2. The zero-order chi connectivity index (χ0) is 23.8. The van der Waals surface area contributed by atoms with E-state index in [2.05, 4.69) is 20.6 Å². The molecule has 1 aliphatic rings. The van der Waals surface area contributed by atoms with Gasteiger partial charge in [0.05, 0.1) is 18.6 Å². The van der Waals surface area contributed by atoms with Gasteiger partial charge in [-0.2, -0.15) is 0 Å². The Morgan fingerprint density at radius 3 is 2.82 bits per heavy atom. The first-order chi connectivity index (χ1) is 15.9. The number of halogens is 1. The number of carbonyl (C=O) groups excluding carboxylic acids is 2. The molecule has 2 aromatic rings. The molecule has 0 atom stereocenters. The van der Waals surface area contributed by atoms with Crippen molar-refractivity contribution >= 4 is 35.9 Å². The van der Waals surface area contributed by atoms with Gasteiger partial charge in [0.1, 0.15) is 5.82 Å². The summed E-state index contributed by atoms with van der Waals surface area (Å²) in [4.78, 5) is 35.6. The molecule has 0 bridgehead atoms. The number of hydrogen-bond acceptors (Lipinski definition) is 4. The Labute approximate surface area is 193 Å². The molecular formula is C24H29FN6O2. The van der Waals surface area contributed by atoms with Crippen molar-refractivity contribution in [2.75, 3.05) is 45.6 Å². The molecular weight excluding hydrogens is 423 g/mol. The largest absolute Gasteiger partial charge is 0.365 e. The van der Waals surface area contributed by atoms with Crippen LogP contribution in [0.25, 0.3) is 0 Å². The maximum atomic E-state index is 14.1. The summed E-state index contributed by atoms with van der Waals surface area (Å²) in [5, 5.41) is 5.99. The molecule has 8 nitrogen and oxygen atoms in total. The van der Waals surface area contributed by atoms with Crippen LogP contribution in [-0.4, -0.2) is 74.6 Å². The molecule has 2 N–H and O–H groups in total. The van der Waals surface area contributed by atoms with Crippen LogP contribution in [0.3, 0.4) is 0 Å². The first kappa shape index (κ1) is 23.9. The average Bonchev–Trinajstić information content (AvgIpc) is 2.80. The van der Waals surface area contributed by atoms with Gasteiger partial charge in [-0.1, -0.05) is 12.1 Å². The number of piperazine rings is 1. The number of nitrogens with zero attached hydrogens (tertiary/aromatic N) is 4. The van der Waals surface area contributed by atoms with Crippen molar-refractivity contribution in [3.05, 3.63) is 58.9 Å². The van der Waals surface area contributed by atoms with Crippen LogP contribution in [0.1, 0.15) is 21.5 Å². The highest BCUT2D eigenvalue weighted by Gasteiger charge is 2.19. The predicted octanol–water partition coefficient (Wildman–Crippen LogP) is 2.61. The van der Waals surface area contributed by atoms with Gasteiger partial charge in [-0.05, 0) is 48.7 Å². The highest BCUT2D eigenvalue weighted by atomic mass is 19.1. The van der Waals surface area contributed by atoms with Crippen LogP contribution in [0.4, 0.5) is 15.8 Å². The third kappa shape index (κ3) is 6.61. The summed E-state index contributed by atoms with van der Waals surface area (Å²) < 4.78 is 14.1. The quantitative estimate of drug-likeness (QED) is 0.383. The summed E-state index contributed by atoms with van der Waals surface area (Å²) >= 11 is 0. The Morgan fingerprint density at radius 2 is 2.12 bits per heavy atom. The van der Waals surface area contributed by atoms with Gasteiger partial charge in [0.15, 0.2) is 12.2 Å². The first-order valence-electron chi connectivity index (χ1n) is 10.7. The summed E-state index contributed by atoms with van der Waals surface area (Å²) in [5.74, 6) is 0.303. The lowest BCUT2D eigenvalue weighted by atomic mass is 10.1. The number of anilines is 1. The van der Waals surface area contributed by atoms with E-state index in [0.717, 1.165) is 11.8 Å². The third-order valence-corrected chi connectivity index (χ3v) is 5.30. The lowest BCUT2D eigenvalue weighted by Gasteiger charge is -2.29. The number of rotatable bonds is 7. The summed E-state index contributed by atoms with van der Waals surface area (Å²) in [6.07, 6.45) is 2.92. The summed E-state index contributed by atoms with van der Waals surface area (Å²) in [6.45, 7) is 3.86. The smallest absolute Gasteiger partial charge is 0.239 e. The molecule has 1 heterocycles. The van der Waals surface area contributed by atoms with E-state index in [9.17, 15) is 14.0 Å². The Kier molecular flexibility index (Phi) is 8.12. The molecule has 0 spiro atoms. The van der Waals surface area contributed by atoms with Gasteiger partial charge in [0.25, 0.3) is 0 Å². The minimum absolute atomic E-state index is 0.0562. The van der Waals surface area contributed by atoms with E-state index in [1.54, 1.807) is 37.7 Å². The van der Waals surface area contributed by atoms with E-state index in [4.69, 9.17) is 0 Å². The van der Waals surface area contributed by atoms with Crippen LogP contribution in [0.5, 0.6) is 0 Å². The van der Waals surface area contributed by atoms with Gasteiger partial charge >= 0.3 is 0 Å². The van der Waals surface area contributed by atoms with Gasteiger partial charge in [-0.25, -0.2) is 9.38 Å². The number of hydrogen-bond donors (Lipinski definition) is 2. The third-order valence-electron chi connectivity index (χ3n) is 5.30. The molecule has 1 fully saturated rings. The molecule has 0 unspecified atom stereocenters. The standard InChI is InChI=1S/C24H29FN6O2/c1-17-4-5-18(21(25)12-17)8-10-30(3)16-28-22-13-20(7-6-19(22)15-32)29-24(26-2)31-11-9-27-23(33)14-31/h4-7,12-13,15-16H,8-11,14H2,1-3H3,(H,26,29)(H,27,33). The molecule has 9 heteroatoms. The monoisotopic (exact) mass is 452 g/mol. The highest BCUT2D eigenvalue weighted by molar-refractivity contribution is 5.97. The average molecular weight is 453 g/mol. The topological polar surface area (TPSA) is 89.4 Å². The zero-order valence-electron chi connectivity index (χ0n) is 19.1. The molecule has 1 saturated heterocycles. The van der Waals surface area contributed by atoms with Crippen molar-refractivity contribution in [2.24, 2.45) is 9.98 Å². The molecule has 1 amide bonds. The number of amides is 1. The molecule has 2 aromatic carbocycles. The summed E-state index contributed by atoms with van der Waals surface area (Å²) in [5.41, 5.74) is 3.18. The second-order valence-electron chi connectivity index (χ2n) is 7.91. The number of carbonyl (C=O) groups is 2. The fourth-order valence-corrected chi connectivity index (χ4v) is 3.43. The van der Waals surface area contributed by atoms with Crippen molar-refractivity contribution in [3.8, 4) is 0 Å². The van der Waals surface area contributed by atoms with Crippen molar-refractivity contribution in [1.29, 1.82) is 0 Å². The Morgan fingerprint density at radius 1 is 1.30 bits per heavy atom. The molecule has 0 aliphatic carbocycles. The fraction of sp³-hybridized carbons (Fsp3) is 0.333. The maximum Gasteiger partial charge on any atom is 0.239 e. The minimum Gasteiger partial charge on any atom is -0.365 e. The van der Waals surface area contributed by atoms with E-state index in [-0.39, 0.29) is 18.3 Å². The molecule has 0 aromatic heterocycles. The molecule has 1 aliphatic heterocycles. The fourth-order valence-electron chi connectivity index (χ4n) is 3.43. The maximum absolute atomic E-state index is 14.1. The minimum atomic E-state index is -0.207. The Hall–Kier alpha value is -3.75. The van der Waals surface area contributed by atoms with Crippen LogP contribution in [0.15, 0.2) is 46.4 Å². The second-order valence-corrected chi connectivity index (χ2v) is 7.91. The number of aldehydes is 1. The SMILES string of the molecule is CN=C(Nc1ccc(C=O)c(N=CN(C)CCc2ccc(C)cc2F)c1)N1CCNC(=O)C1. The second kappa shape index (κ2) is 11.2. The van der Waals surface area contributed by atoms with Crippen molar-refractivity contribution < 1.29 is 14.0 Å². The van der Waals surface area contributed by atoms with Crippen LogP contribution in [0.2, 0.25) is 0 Å². The Bertz CT molecular complexity index is 1070. The Balaban J connectivity index is 1.67. The lowest BCUT2D eigenvalue weighted by molar-refractivity contribution is -0.122. The number of aryl methyl sites for hydroxylation is 1. The van der Waals surface area contributed by atoms with Gasteiger partial charge < -0.3 is 20.4 Å². The molecule has 0 radical (unpaired) electrons. The number of aliphatic imine (C=N–C) groups is 2. The normalized spacial score (nSPS) is 14.4. The van der Waals surface area contributed by atoms with Gasteiger partial charge in [0, 0.05) is 45.0 Å². The van der Waals surface area contributed by atoms with E-state index in [1.165, 1.54) is 6.07 Å². The van der Waals surface area contributed by atoms with Gasteiger partial charge in [0.2, 0.25) is 5.91 Å². The molecule has 174 valence electrons. The van der Waals surface area contributed by atoms with Crippen molar-refractivity contribution in [2.45, 2.75) is 13.3 Å². The van der Waals surface area contributed by atoms with Crippen LogP contribution < -0.4 is 10.6 Å². The lowest BCUT2D eigenvalue weighted by Crippen LogP contribution is -2.51. The van der Waals surface area contributed by atoms with Crippen LogP contribution in [-0.2, 0) is 11.2 Å². The number of guanidine groups is 1. The molecule has 33 heavy (non-hydrogen) atoms. The van der Waals surface area contributed by atoms with Gasteiger partial charge in [-0.15, -0.1) is 0 Å². The summed E-state index contributed by atoms with van der Waals surface area (Å²) in [7, 11) is 3.50. The van der Waals surface area contributed by atoms with Crippen LogP contribution >= 0.6 is 0 Å². The van der Waals surface area contributed by atoms with E-state index in [0.29, 0.717) is 54.5 Å². The van der Waals surface area contributed by atoms with Crippen molar-refractivity contribution in [3.63, 3.8) is 0 Å². The predicted molar refractivity (Wildman–Crippen MR) is 129 cm³/mol. The van der Waals surface area contributed by atoms with E-state index in [1.807, 2.05) is 29.8 Å². The number of likely N-dealkylation sites (N-methyl/N-ethyl adjacent to an activating group) is 1. The first-order valence-corrected chi connectivity index (χ1v) is 10.7. The van der Waals surface area contributed by atoms with Gasteiger partial charge in [-0.3, -0.25) is 14.6 Å².